The molecule has 0 saturated carbocycles. The second kappa shape index (κ2) is 5.87. The highest BCUT2D eigenvalue weighted by molar-refractivity contribution is 5.63. The molecule has 1 fully saturated rings. The van der Waals surface area contributed by atoms with Crippen molar-refractivity contribution in [1.82, 2.24) is 0 Å². The molecule has 0 spiro atoms. The molecule has 4 heteroatoms. The topological polar surface area (TPSA) is 48.1 Å². The Bertz CT molecular complexity index is 684. The van der Waals surface area contributed by atoms with E-state index in [1.54, 1.807) is 0 Å². The first-order valence-corrected chi connectivity index (χ1v) is 8.10. The van der Waals surface area contributed by atoms with Crippen LogP contribution in [0.1, 0.15) is 29.9 Å². The second-order valence-corrected chi connectivity index (χ2v) is 6.35. The van der Waals surface area contributed by atoms with Gasteiger partial charge in [-0.2, -0.15) is 0 Å². The molecule has 2 aliphatic rings. The number of anilines is 1. The van der Waals surface area contributed by atoms with Gasteiger partial charge in [-0.3, -0.25) is 0 Å². The third-order valence-corrected chi connectivity index (χ3v) is 4.80. The summed E-state index contributed by atoms with van der Waals surface area (Å²) in [6.45, 7) is 4.06. The van der Waals surface area contributed by atoms with E-state index in [-0.39, 0.29) is 17.9 Å². The number of fused-ring (bicyclic) bond motifs is 1. The number of nitrogens with zero attached hydrogens (tertiary/aromatic N) is 1. The molecule has 2 heterocycles. The van der Waals surface area contributed by atoms with Crippen molar-refractivity contribution in [1.29, 1.82) is 0 Å². The second-order valence-electron chi connectivity index (χ2n) is 6.35. The lowest BCUT2D eigenvalue weighted by atomic mass is 9.84. The first kappa shape index (κ1) is 14.5. The highest BCUT2D eigenvalue weighted by Gasteiger charge is 2.30. The summed E-state index contributed by atoms with van der Waals surface area (Å²) in [6, 6.07) is 16.2. The Morgan fingerprint density at radius 3 is 2.78 bits per heavy atom. The minimum atomic E-state index is 0.186. The number of ether oxygens (including phenoxy) is 2. The summed E-state index contributed by atoms with van der Waals surface area (Å²) in [7, 11) is 0. The van der Waals surface area contributed by atoms with Crippen LogP contribution in [0.3, 0.4) is 0 Å². The van der Waals surface area contributed by atoms with E-state index in [4.69, 9.17) is 9.47 Å². The van der Waals surface area contributed by atoms with Crippen LogP contribution in [0.25, 0.3) is 0 Å². The molecule has 0 radical (unpaired) electrons. The Balaban J connectivity index is 1.59. The standard InChI is InChI=1S/C19H20NO3/c1-13(14-5-3-2-4-6-14)18-10-20(21)19-8-7-15(9-17(18)19)22-11-16-12-23-16/h2-9,13,16,18H,10-12H2,1H3/q-1. The van der Waals surface area contributed by atoms with Crippen LogP contribution in [-0.4, -0.2) is 25.9 Å². The summed E-state index contributed by atoms with van der Waals surface area (Å²) in [5, 5.41) is 13.4. The Morgan fingerprint density at radius 2 is 2.04 bits per heavy atom. The van der Waals surface area contributed by atoms with Crippen molar-refractivity contribution in [2.75, 3.05) is 24.8 Å². The van der Waals surface area contributed by atoms with Crippen molar-refractivity contribution in [2.24, 2.45) is 0 Å². The molecule has 3 atom stereocenters. The molecule has 2 aliphatic heterocycles. The molecular weight excluding hydrogens is 290 g/mol. The fourth-order valence-corrected chi connectivity index (χ4v) is 3.29. The van der Waals surface area contributed by atoms with Gasteiger partial charge in [-0.05, 0) is 35.2 Å². The van der Waals surface area contributed by atoms with E-state index < -0.39 is 0 Å². The fourth-order valence-electron chi connectivity index (χ4n) is 3.29. The van der Waals surface area contributed by atoms with E-state index in [0.717, 1.165) is 28.7 Å². The van der Waals surface area contributed by atoms with E-state index in [1.165, 1.54) is 5.56 Å². The number of rotatable bonds is 5. The maximum atomic E-state index is 12.3. The molecule has 3 unspecified atom stereocenters. The zero-order valence-corrected chi connectivity index (χ0v) is 13.1. The Hall–Kier alpha value is -2.04. The summed E-state index contributed by atoms with van der Waals surface area (Å²) >= 11 is 0. The summed E-state index contributed by atoms with van der Waals surface area (Å²) in [5.74, 6) is 1.29. The molecule has 1 saturated heterocycles. The predicted octanol–water partition coefficient (Wildman–Crippen LogP) is 3.67. The molecule has 23 heavy (non-hydrogen) atoms. The molecule has 0 aromatic heterocycles. The van der Waals surface area contributed by atoms with Crippen molar-refractivity contribution < 1.29 is 9.47 Å². The van der Waals surface area contributed by atoms with Gasteiger partial charge in [0.2, 0.25) is 0 Å². The normalized spacial score (nSPS) is 23.5. The zero-order valence-electron chi connectivity index (χ0n) is 13.1. The fraction of sp³-hybridized carbons (Fsp3) is 0.368. The number of hydroxylamine groups is 1. The molecule has 4 nitrogen and oxygen atoms in total. The van der Waals surface area contributed by atoms with E-state index in [9.17, 15) is 5.21 Å². The first-order chi connectivity index (χ1) is 11.2. The average Bonchev–Trinajstić information content (AvgIpc) is 3.37. The minimum Gasteiger partial charge on any atom is -0.758 e. The molecule has 0 N–H and O–H groups in total. The SMILES string of the molecule is CC(c1ccccc1)C1CN([O-])c2ccc(OCC3CO3)cc21. The van der Waals surface area contributed by atoms with Crippen LogP contribution in [-0.2, 0) is 4.74 Å². The van der Waals surface area contributed by atoms with Crippen molar-refractivity contribution in [3.05, 3.63) is 64.9 Å². The van der Waals surface area contributed by atoms with Crippen LogP contribution in [0.4, 0.5) is 5.69 Å². The van der Waals surface area contributed by atoms with Gasteiger partial charge in [-0.25, -0.2) is 0 Å². The maximum absolute atomic E-state index is 12.3. The van der Waals surface area contributed by atoms with Crippen LogP contribution < -0.4 is 9.80 Å². The Labute approximate surface area is 136 Å². The predicted molar refractivity (Wildman–Crippen MR) is 90.0 cm³/mol. The first-order valence-electron chi connectivity index (χ1n) is 8.10. The highest BCUT2D eigenvalue weighted by Crippen LogP contribution is 2.44. The van der Waals surface area contributed by atoms with Crippen molar-refractivity contribution in [3.63, 3.8) is 0 Å². The van der Waals surface area contributed by atoms with Crippen molar-refractivity contribution in [3.8, 4) is 5.75 Å². The van der Waals surface area contributed by atoms with Gasteiger partial charge >= 0.3 is 0 Å². The van der Waals surface area contributed by atoms with Crippen LogP contribution in [0.15, 0.2) is 48.5 Å². The molecule has 0 amide bonds. The number of benzene rings is 2. The summed E-state index contributed by atoms with van der Waals surface area (Å²) < 4.78 is 11.0. The van der Waals surface area contributed by atoms with Gasteiger partial charge in [0.1, 0.15) is 18.5 Å². The van der Waals surface area contributed by atoms with E-state index in [1.807, 2.05) is 36.4 Å². The van der Waals surface area contributed by atoms with Crippen LogP contribution in [0.2, 0.25) is 0 Å². The molecule has 2 aromatic carbocycles. The minimum absolute atomic E-state index is 0.186. The Kier molecular flexibility index (Phi) is 3.71. The zero-order chi connectivity index (χ0) is 15.8. The molecule has 0 bridgehead atoms. The number of epoxide rings is 1. The monoisotopic (exact) mass is 310 g/mol. The Morgan fingerprint density at radius 1 is 1.26 bits per heavy atom. The van der Waals surface area contributed by atoms with Gasteiger partial charge in [-0.15, -0.1) is 0 Å². The molecule has 120 valence electrons. The lowest BCUT2D eigenvalue weighted by Crippen LogP contribution is -2.16. The van der Waals surface area contributed by atoms with Crippen LogP contribution in [0, 0.1) is 5.21 Å². The van der Waals surface area contributed by atoms with Crippen LogP contribution in [0.5, 0.6) is 5.75 Å². The largest absolute Gasteiger partial charge is 0.758 e. The highest BCUT2D eigenvalue weighted by atomic mass is 16.6. The van der Waals surface area contributed by atoms with Crippen molar-refractivity contribution >= 4 is 5.69 Å². The quantitative estimate of drug-likeness (QED) is 0.791. The lowest BCUT2D eigenvalue weighted by molar-refractivity contribution is 0.263. The van der Waals surface area contributed by atoms with E-state index in [2.05, 4.69) is 19.1 Å². The maximum Gasteiger partial charge on any atom is 0.119 e. The summed E-state index contributed by atoms with van der Waals surface area (Å²) in [5.41, 5.74) is 3.12. The molecule has 0 aliphatic carbocycles. The van der Waals surface area contributed by atoms with E-state index in [0.29, 0.717) is 13.2 Å². The van der Waals surface area contributed by atoms with Crippen molar-refractivity contribution in [2.45, 2.75) is 24.9 Å². The number of hydrogen-bond acceptors (Lipinski definition) is 4. The van der Waals surface area contributed by atoms with E-state index >= 15 is 0 Å². The molecule has 4 rings (SSSR count). The third kappa shape index (κ3) is 2.92. The summed E-state index contributed by atoms with van der Waals surface area (Å²) in [6.07, 6.45) is 0.235. The molecule has 2 aromatic rings. The van der Waals surface area contributed by atoms with Gasteiger partial charge in [0.15, 0.2) is 0 Å². The van der Waals surface area contributed by atoms with Crippen LogP contribution >= 0.6 is 0 Å². The third-order valence-electron chi connectivity index (χ3n) is 4.80. The lowest BCUT2D eigenvalue weighted by Gasteiger charge is -2.27. The number of hydrogen-bond donors (Lipinski definition) is 0. The van der Waals surface area contributed by atoms with Gasteiger partial charge in [0.25, 0.3) is 0 Å². The van der Waals surface area contributed by atoms with Gasteiger partial charge in [0, 0.05) is 18.2 Å². The summed E-state index contributed by atoms with van der Waals surface area (Å²) in [4.78, 5) is 0. The smallest absolute Gasteiger partial charge is 0.119 e. The molecular formula is C19H20NO3-. The average molecular weight is 310 g/mol. The van der Waals surface area contributed by atoms with Gasteiger partial charge in [-0.1, -0.05) is 37.3 Å². The van der Waals surface area contributed by atoms with Gasteiger partial charge in [0.05, 0.1) is 6.61 Å². The van der Waals surface area contributed by atoms with Gasteiger partial charge < -0.3 is 19.7 Å².